The first-order valence-corrected chi connectivity index (χ1v) is 6.53. The summed E-state index contributed by atoms with van der Waals surface area (Å²) in [6, 6.07) is 3.41. The molecule has 1 fully saturated rings. The zero-order chi connectivity index (χ0) is 13.6. The Labute approximate surface area is 124 Å². The number of amides is 1. The molecule has 1 aliphatic carbocycles. The number of nitrogens with two attached hydrogens (primary N) is 1. The van der Waals surface area contributed by atoms with Crippen molar-refractivity contribution >= 4 is 29.7 Å². The Balaban J connectivity index is 0.00000147. The summed E-state index contributed by atoms with van der Waals surface area (Å²) in [6.07, 6.45) is 1.96. The van der Waals surface area contributed by atoms with Crippen LogP contribution in [0, 0.1) is 11.3 Å². The van der Waals surface area contributed by atoms with Crippen molar-refractivity contribution in [1.29, 1.82) is 0 Å². The summed E-state index contributed by atoms with van der Waals surface area (Å²) in [7, 11) is 0. The Hall–Kier alpha value is -1.62. The highest BCUT2D eigenvalue weighted by molar-refractivity contribution is 5.98. The van der Waals surface area contributed by atoms with Crippen molar-refractivity contribution in [3.63, 3.8) is 0 Å². The van der Waals surface area contributed by atoms with Gasteiger partial charge in [0.1, 0.15) is 0 Å². The topological polar surface area (TPSA) is 73.6 Å². The van der Waals surface area contributed by atoms with Gasteiger partial charge in [-0.2, -0.15) is 0 Å². The highest BCUT2D eigenvalue weighted by Crippen LogP contribution is 2.55. The molecule has 1 heterocycles. The molecule has 2 atom stereocenters. The van der Waals surface area contributed by atoms with Crippen LogP contribution in [0.15, 0.2) is 12.1 Å². The van der Waals surface area contributed by atoms with Crippen LogP contribution in [0.3, 0.4) is 0 Å². The molecule has 3 N–H and O–H groups in total. The van der Waals surface area contributed by atoms with E-state index >= 15 is 0 Å². The Morgan fingerprint density at radius 3 is 2.70 bits per heavy atom. The zero-order valence-electron chi connectivity index (χ0n) is 11.6. The van der Waals surface area contributed by atoms with E-state index in [4.69, 9.17) is 15.2 Å². The van der Waals surface area contributed by atoms with Gasteiger partial charge in [0, 0.05) is 18.1 Å². The Bertz CT molecular complexity index is 549. The van der Waals surface area contributed by atoms with E-state index in [9.17, 15) is 4.79 Å². The standard InChI is InChI=1S/C14H18N2O3.ClH/c1-3-14(2)6-8(14)13(17)16-10-5-12-11(4-9(10)15)18-7-19-12;/h4-5,8H,3,6-7,15H2,1-2H3,(H,16,17);1H. The van der Waals surface area contributed by atoms with Gasteiger partial charge in [-0.25, -0.2) is 0 Å². The van der Waals surface area contributed by atoms with Gasteiger partial charge >= 0.3 is 0 Å². The molecular formula is C14H19ClN2O3. The maximum Gasteiger partial charge on any atom is 0.231 e. The molecule has 0 spiro atoms. The summed E-state index contributed by atoms with van der Waals surface area (Å²) in [4.78, 5) is 12.2. The fourth-order valence-corrected chi connectivity index (χ4v) is 2.49. The number of benzene rings is 1. The van der Waals surface area contributed by atoms with E-state index in [2.05, 4.69) is 19.2 Å². The molecule has 5 nitrogen and oxygen atoms in total. The normalized spacial score (nSPS) is 25.8. The molecule has 1 aromatic carbocycles. The van der Waals surface area contributed by atoms with Crippen LogP contribution >= 0.6 is 12.4 Å². The number of hydrogen-bond acceptors (Lipinski definition) is 4. The van der Waals surface area contributed by atoms with Crippen molar-refractivity contribution in [2.45, 2.75) is 26.7 Å². The molecule has 1 aromatic rings. The number of rotatable bonds is 3. The number of anilines is 2. The minimum Gasteiger partial charge on any atom is -0.454 e. The number of carbonyl (C=O) groups excluding carboxylic acids is 1. The molecule has 6 heteroatoms. The predicted octanol–water partition coefficient (Wildman–Crippen LogP) is 2.79. The Morgan fingerprint density at radius 2 is 2.10 bits per heavy atom. The van der Waals surface area contributed by atoms with Gasteiger partial charge < -0.3 is 20.5 Å². The summed E-state index contributed by atoms with van der Waals surface area (Å²) in [5.74, 6) is 1.37. The van der Waals surface area contributed by atoms with Crippen molar-refractivity contribution in [1.82, 2.24) is 0 Å². The van der Waals surface area contributed by atoms with Crippen LogP contribution in [-0.2, 0) is 4.79 Å². The van der Waals surface area contributed by atoms with Gasteiger partial charge in [0.05, 0.1) is 11.4 Å². The average Bonchev–Trinajstić information content (AvgIpc) is 2.87. The molecule has 1 aliphatic heterocycles. The van der Waals surface area contributed by atoms with Gasteiger partial charge in [0.2, 0.25) is 12.7 Å². The van der Waals surface area contributed by atoms with Gasteiger partial charge in [0.15, 0.2) is 11.5 Å². The van der Waals surface area contributed by atoms with E-state index in [0.29, 0.717) is 22.9 Å². The van der Waals surface area contributed by atoms with Crippen LogP contribution < -0.4 is 20.5 Å². The smallest absolute Gasteiger partial charge is 0.231 e. The molecule has 20 heavy (non-hydrogen) atoms. The molecule has 0 aromatic heterocycles. The van der Waals surface area contributed by atoms with Crippen molar-refractivity contribution in [2.24, 2.45) is 11.3 Å². The SMILES string of the molecule is CCC1(C)CC1C(=O)Nc1cc2c(cc1N)OCO2.Cl. The number of nitrogens with one attached hydrogen (secondary N) is 1. The molecule has 3 rings (SSSR count). The molecular weight excluding hydrogens is 280 g/mol. The van der Waals surface area contributed by atoms with Crippen molar-refractivity contribution in [3.8, 4) is 11.5 Å². The number of nitrogen functional groups attached to an aromatic ring is 1. The number of hydrogen-bond donors (Lipinski definition) is 2. The lowest BCUT2D eigenvalue weighted by Crippen LogP contribution is -2.18. The van der Waals surface area contributed by atoms with Gasteiger partial charge in [0.25, 0.3) is 0 Å². The highest BCUT2D eigenvalue weighted by Gasteiger charge is 2.52. The fourth-order valence-electron chi connectivity index (χ4n) is 2.49. The molecule has 0 saturated heterocycles. The van der Waals surface area contributed by atoms with E-state index in [1.807, 2.05) is 0 Å². The van der Waals surface area contributed by atoms with Crippen molar-refractivity contribution in [3.05, 3.63) is 12.1 Å². The third-order valence-corrected chi connectivity index (χ3v) is 4.28. The first-order valence-electron chi connectivity index (χ1n) is 6.53. The van der Waals surface area contributed by atoms with Crippen molar-refractivity contribution < 1.29 is 14.3 Å². The van der Waals surface area contributed by atoms with Crippen LogP contribution in [0.4, 0.5) is 11.4 Å². The van der Waals surface area contributed by atoms with Crippen LogP contribution in [-0.4, -0.2) is 12.7 Å². The first-order chi connectivity index (χ1) is 9.03. The van der Waals surface area contributed by atoms with Crippen molar-refractivity contribution in [2.75, 3.05) is 17.8 Å². The largest absolute Gasteiger partial charge is 0.454 e. The van der Waals surface area contributed by atoms with E-state index in [1.165, 1.54) is 0 Å². The molecule has 0 radical (unpaired) electrons. The summed E-state index contributed by atoms with van der Waals surface area (Å²) < 4.78 is 10.5. The summed E-state index contributed by atoms with van der Waals surface area (Å²) >= 11 is 0. The summed E-state index contributed by atoms with van der Waals surface area (Å²) in [5, 5.41) is 2.89. The van der Waals surface area contributed by atoms with Crippen LogP contribution in [0.5, 0.6) is 11.5 Å². The maximum atomic E-state index is 12.2. The van der Waals surface area contributed by atoms with E-state index < -0.39 is 0 Å². The van der Waals surface area contributed by atoms with Gasteiger partial charge in [-0.05, 0) is 18.3 Å². The van der Waals surface area contributed by atoms with E-state index in [1.54, 1.807) is 12.1 Å². The zero-order valence-corrected chi connectivity index (χ0v) is 12.4. The number of fused-ring (bicyclic) bond motifs is 1. The first kappa shape index (κ1) is 14.8. The number of ether oxygens (including phenoxy) is 2. The maximum absolute atomic E-state index is 12.2. The van der Waals surface area contributed by atoms with Crippen LogP contribution in [0.25, 0.3) is 0 Å². The Morgan fingerprint density at radius 1 is 1.45 bits per heavy atom. The number of carbonyl (C=O) groups is 1. The number of halogens is 1. The third kappa shape index (κ3) is 2.38. The average molecular weight is 299 g/mol. The van der Waals surface area contributed by atoms with E-state index in [-0.39, 0.29) is 36.4 Å². The molecule has 1 saturated carbocycles. The predicted molar refractivity (Wildman–Crippen MR) is 79.4 cm³/mol. The molecule has 1 amide bonds. The van der Waals surface area contributed by atoms with Gasteiger partial charge in [-0.15, -0.1) is 12.4 Å². The minimum absolute atomic E-state index is 0. The highest BCUT2D eigenvalue weighted by atomic mass is 35.5. The third-order valence-electron chi connectivity index (χ3n) is 4.28. The second-order valence-corrected chi connectivity index (χ2v) is 5.55. The lowest BCUT2D eigenvalue weighted by molar-refractivity contribution is -0.118. The second kappa shape index (κ2) is 5.05. The monoisotopic (exact) mass is 298 g/mol. The molecule has 0 bridgehead atoms. The summed E-state index contributed by atoms with van der Waals surface area (Å²) in [6.45, 7) is 4.45. The lowest BCUT2D eigenvalue weighted by atomic mass is 10.0. The minimum atomic E-state index is 0. The lowest BCUT2D eigenvalue weighted by Gasteiger charge is -2.11. The van der Waals surface area contributed by atoms with Gasteiger partial charge in [-0.3, -0.25) is 4.79 Å². The molecule has 110 valence electrons. The Kier molecular flexibility index (Phi) is 3.73. The van der Waals surface area contributed by atoms with E-state index in [0.717, 1.165) is 12.8 Å². The van der Waals surface area contributed by atoms with Crippen LogP contribution in [0.2, 0.25) is 0 Å². The fraction of sp³-hybridized carbons (Fsp3) is 0.500. The quantitative estimate of drug-likeness (QED) is 0.842. The molecule has 2 unspecified atom stereocenters. The summed E-state index contributed by atoms with van der Waals surface area (Å²) in [5.41, 5.74) is 7.15. The van der Waals surface area contributed by atoms with Gasteiger partial charge in [-0.1, -0.05) is 13.8 Å². The molecule has 2 aliphatic rings. The second-order valence-electron chi connectivity index (χ2n) is 5.55. The van der Waals surface area contributed by atoms with Crippen LogP contribution in [0.1, 0.15) is 26.7 Å².